The molecule has 0 amide bonds. The molecule has 4 nitrogen and oxygen atoms in total. The Bertz CT molecular complexity index is 626. The van der Waals surface area contributed by atoms with Gasteiger partial charge in [0.15, 0.2) is 11.5 Å². The molecule has 0 bridgehead atoms. The van der Waals surface area contributed by atoms with Crippen LogP contribution in [0.25, 0.3) is 0 Å². The standard InChI is InChI=1S/C18H24N2O2/c1-5-22-16-11-14(6-7-15(16)21)18(12(2)3)20-17-10-13(4)8-9-19-17/h6-12,18,21H,5H2,1-4H3,(H,19,20). The number of rotatable bonds is 6. The van der Waals surface area contributed by atoms with Gasteiger partial charge in [-0.25, -0.2) is 4.98 Å². The number of aromatic hydroxyl groups is 1. The van der Waals surface area contributed by atoms with Crippen molar-refractivity contribution in [1.29, 1.82) is 0 Å². The highest BCUT2D eigenvalue weighted by Crippen LogP contribution is 2.33. The van der Waals surface area contributed by atoms with Gasteiger partial charge in [-0.2, -0.15) is 0 Å². The van der Waals surface area contributed by atoms with Gasteiger partial charge >= 0.3 is 0 Å². The molecule has 1 heterocycles. The molecule has 2 rings (SSSR count). The van der Waals surface area contributed by atoms with E-state index in [4.69, 9.17) is 4.74 Å². The summed E-state index contributed by atoms with van der Waals surface area (Å²) < 4.78 is 5.48. The van der Waals surface area contributed by atoms with Crippen LogP contribution in [0, 0.1) is 12.8 Å². The largest absolute Gasteiger partial charge is 0.504 e. The van der Waals surface area contributed by atoms with E-state index in [0.717, 1.165) is 11.4 Å². The lowest BCUT2D eigenvalue weighted by Gasteiger charge is -2.24. The summed E-state index contributed by atoms with van der Waals surface area (Å²) >= 11 is 0. The number of aryl methyl sites for hydroxylation is 1. The first kappa shape index (κ1) is 16.1. The molecule has 22 heavy (non-hydrogen) atoms. The van der Waals surface area contributed by atoms with Gasteiger partial charge in [0, 0.05) is 6.20 Å². The Morgan fingerprint density at radius 2 is 2.00 bits per heavy atom. The van der Waals surface area contributed by atoms with E-state index in [1.54, 1.807) is 12.3 Å². The fourth-order valence-corrected chi connectivity index (χ4v) is 2.40. The fraction of sp³-hybridized carbons (Fsp3) is 0.389. The van der Waals surface area contributed by atoms with E-state index in [1.165, 1.54) is 5.56 Å². The highest BCUT2D eigenvalue weighted by atomic mass is 16.5. The topological polar surface area (TPSA) is 54.4 Å². The molecule has 0 saturated carbocycles. The van der Waals surface area contributed by atoms with Crippen LogP contribution in [0.5, 0.6) is 11.5 Å². The predicted octanol–water partition coefficient (Wildman–Crippen LogP) is 4.30. The zero-order valence-corrected chi connectivity index (χ0v) is 13.6. The predicted molar refractivity (Wildman–Crippen MR) is 89.5 cm³/mol. The number of phenolic OH excluding ortho intramolecular Hbond substituents is 1. The van der Waals surface area contributed by atoms with Gasteiger partial charge in [0.25, 0.3) is 0 Å². The number of hydrogen-bond donors (Lipinski definition) is 2. The number of pyridine rings is 1. The Morgan fingerprint density at radius 1 is 1.23 bits per heavy atom. The second-order valence-electron chi connectivity index (χ2n) is 5.74. The van der Waals surface area contributed by atoms with Crippen LogP contribution < -0.4 is 10.1 Å². The summed E-state index contributed by atoms with van der Waals surface area (Å²) in [4.78, 5) is 4.37. The lowest BCUT2D eigenvalue weighted by molar-refractivity contribution is 0.317. The molecule has 118 valence electrons. The molecular weight excluding hydrogens is 276 g/mol. The first-order valence-corrected chi connectivity index (χ1v) is 7.66. The molecular formula is C18H24N2O2. The summed E-state index contributed by atoms with van der Waals surface area (Å²) in [6.45, 7) is 8.78. The third-order valence-electron chi connectivity index (χ3n) is 3.53. The SMILES string of the molecule is CCOc1cc(C(Nc2cc(C)ccn2)C(C)C)ccc1O. The molecule has 0 spiro atoms. The summed E-state index contributed by atoms with van der Waals surface area (Å²) in [6, 6.07) is 9.59. The number of phenols is 1. The van der Waals surface area contributed by atoms with Crippen LogP contribution in [0.3, 0.4) is 0 Å². The molecule has 1 unspecified atom stereocenters. The molecule has 4 heteroatoms. The van der Waals surface area contributed by atoms with Gasteiger partial charge in [-0.3, -0.25) is 0 Å². The monoisotopic (exact) mass is 300 g/mol. The average Bonchev–Trinajstić information content (AvgIpc) is 2.47. The van der Waals surface area contributed by atoms with E-state index in [1.807, 2.05) is 38.1 Å². The number of nitrogens with one attached hydrogen (secondary N) is 1. The highest BCUT2D eigenvalue weighted by molar-refractivity contribution is 5.46. The summed E-state index contributed by atoms with van der Waals surface area (Å²) in [6.07, 6.45) is 1.80. The van der Waals surface area contributed by atoms with Crippen molar-refractivity contribution in [1.82, 2.24) is 4.98 Å². The molecule has 2 N–H and O–H groups in total. The van der Waals surface area contributed by atoms with Crippen LogP contribution in [0.2, 0.25) is 0 Å². The van der Waals surface area contributed by atoms with Gasteiger partial charge in [-0.15, -0.1) is 0 Å². The number of ether oxygens (including phenoxy) is 1. The van der Waals surface area contributed by atoms with Crippen LogP contribution in [0.1, 0.15) is 37.9 Å². The summed E-state index contributed by atoms with van der Waals surface area (Å²) in [5.41, 5.74) is 2.24. The van der Waals surface area contributed by atoms with Gasteiger partial charge < -0.3 is 15.2 Å². The molecule has 0 aliphatic rings. The minimum Gasteiger partial charge on any atom is -0.504 e. The van der Waals surface area contributed by atoms with E-state index in [2.05, 4.69) is 24.1 Å². The van der Waals surface area contributed by atoms with E-state index in [-0.39, 0.29) is 11.8 Å². The van der Waals surface area contributed by atoms with Crippen molar-refractivity contribution >= 4 is 5.82 Å². The van der Waals surface area contributed by atoms with E-state index in [9.17, 15) is 5.11 Å². The third kappa shape index (κ3) is 3.91. The number of aromatic nitrogens is 1. The Labute approximate surface area is 132 Å². The Balaban J connectivity index is 2.30. The molecule has 1 atom stereocenters. The van der Waals surface area contributed by atoms with E-state index in [0.29, 0.717) is 18.3 Å². The van der Waals surface area contributed by atoms with Crippen molar-refractivity contribution in [2.45, 2.75) is 33.7 Å². The lowest BCUT2D eigenvalue weighted by atomic mass is 9.95. The maximum Gasteiger partial charge on any atom is 0.161 e. The zero-order valence-electron chi connectivity index (χ0n) is 13.6. The van der Waals surface area contributed by atoms with E-state index >= 15 is 0 Å². The van der Waals surface area contributed by atoms with Crippen LogP contribution in [0.4, 0.5) is 5.82 Å². The van der Waals surface area contributed by atoms with Crippen LogP contribution in [0.15, 0.2) is 36.5 Å². The normalized spacial score (nSPS) is 12.2. The van der Waals surface area contributed by atoms with Gasteiger partial charge in [0.05, 0.1) is 12.6 Å². The molecule has 0 aliphatic carbocycles. The summed E-state index contributed by atoms with van der Waals surface area (Å²) in [5, 5.41) is 13.3. The maximum absolute atomic E-state index is 9.85. The number of benzene rings is 1. The molecule has 1 aromatic heterocycles. The van der Waals surface area contributed by atoms with Crippen molar-refractivity contribution < 1.29 is 9.84 Å². The number of anilines is 1. The molecule has 0 fully saturated rings. The zero-order chi connectivity index (χ0) is 16.1. The Hall–Kier alpha value is -2.23. The lowest BCUT2D eigenvalue weighted by Crippen LogP contribution is -2.17. The average molecular weight is 300 g/mol. The fourth-order valence-electron chi connectivity index (χ4n) is 2.40. The van der Waals surface area contributed by atoms with Crippen LogP contribution >= 0.6 is 0 Å². The molecule has 2 aromatic rings. The van der Waals surface area contributed by atoms with Gasteiger partial charge in [0.2, 0.25) is 0 Å². The number of hydrogen-bond acceptors (Lipinski definition) is 4. The molecule has 0 aliphatic heterocycles. The van der Waals surface area contributed by atoms with Crippen LogP contribution in [-0.4, -0.2) is 16.7 Å². The van der Waals surface area contributed by atoms with Crippen molar-refractivity contribution in [3.05, 3.63) is 47.7 Å². The molecule has 1 aromatic carbocycles. The molecule has 0 radical (unpaired) electrons. The van der Waals surface area contributed by atoms with Gasteiger partial charge in [-0.05, 0) is 55.2 Å². The second kappa shape index (κ2) is 7.16. The minimum absolute atomic E-state index is 0.0918. The third-order valence-corrected chi connectivity index (χ3v) is 3.53. The van der Waals surface area contributed by atoms with Crippen molar-refractivity contribution in [3.8, 4) is 11.5 Å². The first-order chi connectivity index (χ1) is 10.5. The smallest absolute Gasteiger partial charge is 0.161 e. The van der Waals surface area contributed by atoms with Gasteiger partial charge in [0.1, 0.15) is 5.82 Å². The Kier molecular flexibility index (Phi) is 5.26. The second-order valence-corrected chi connectivity index (χ2v) is 5.74. The van der Waals surface area contributed by atoms with Crippen molar-refractivity contribution in [2.75, 3.05) is 11.9 Å². The van der Waals surface area contributed by atoms with Gasteiger partial charge in [-0.1, -0.05) is 19.9 Å². The quantitative estimate of drug-likeness (QED) is 0.835. The van der Waals surface area contributed by atoms with Crippen molar-refractivity contribution in [3.63, 3.8) is 0 Å². The minimum atomic E-state index is 0.0918. The number of nitrogens with zero attached hydrogens (tertiary/aromatic N) is 1. The van der Waals surface area contributed by atoms with Crippen LogP contribution in [-0.2, 0) is 0 Å². The molecule has 0 saturated heterocycles. The Morgan fingerprint density at radius 3 is 2.64 bits per heavy atom. The first-order valence-electron chi connectivity index (χ1n) is 7.66. The summed E-state index contributed by atoms with van der Waals surface area (Å²) in [5.74, 6) is 1.90. The van der Waals surface area contributed by atoms with Crippen molar-refractivity contribution in [2.24, 2.45) is 5.92 Å². The summed E-state index contributed by atoms with van der Waals surface area (Å²) in [7, 11) is 0. The highest BCUT2D eigenvalue weighted by Gasteiger charge is 2.18. The van der Waals surface area contributed by atoms with E-state index < -0.39 is 0 Å². The maximum atomic E-state index is 9.85.